The maximum absolute atomic E-state index is 12.5. The molecule has 2 aromatic rings. The lowest BCUT2D eigenvalue weighted by atomic mass is 10.0. The second kappa shape index (κ2) is 7.89. The standard InChI is InChI=1S/C17H16I2O5S/c1-9(2)12-8-14(10(3)7-15(12)25(21,22)23)24-17(20)11-5-4-6-13(18)16(11)19/h4-9H,1-3H3,(H,21,22,23)/p-1. The van der Waals surface area contributed by atoms with Crippen LogP contribution in [0.3, 0.4) is 0 Å². The second-order valence-corrected chi connectivity index (χ2v) is 9.34. The van der Waals surface area contributed by atoms with Gasteiger partial charge in [0.1, 0.15) is 15.9 Å². The van der Waals surface area contributed by atoms with E-state index >= 15 is 0 Å². The Labute approximate surface area is 174 Å². The summed E-state index contributed by atoms with van der Waals surface area (Å²) in [6.07, 6.45) is 0. The van der Waals surface area contributed by atoms with Crippen molar-refractivity contribution in [2.75, 3.05) is 0 Å². The lowest BCUT2D eigenvalue weighted by Gasteiger charge is -2.19. The van der Waals surface area contributed by atoms with Crippen LogP contribution in [0.1, 0.15) is 41.3 Å². The number of hydrogen-bond acceptors (Lipinski definition) is 5. The summed E-state index contributed by atoms with van der Waals surface area (Å²) >= 11 is 4.21. The van der Waals surface area contributed by atoms with Crippen molar-refractivity contribution >= 4 is 61.3 Å². The summed E-state index contributed by atoms with van der Waals surface area (Å²) in [5.41, 5.74) is 1.17. The lowest BCUT2D eigenvalue weighted by molar-refractivity contribution is 0.0732. The van der Waals surface area contributed by atoms with E-state index in [1.165, 1.54) is 12.1 Å². The molecule has 0 atom stereocenters. The summed E-state index contributed by atoms with van der Waals surface area (Å²) in [5, 5.41) is 0. The molecule has 2 rings (SSSR count). The first-order chi connectivity index (χ1) is 11.5. The number of carbonyl (C=O) groups excluding carboxylic acids is 1. The van der Waals surface area contributed by atoms with Crippen molar-refractivity contribution in [3.05, 3.63) is 54.2 Å². The second-order valence-electron chi connectivity index (χ2n) is 5.76. The predicted octanol–water partition coefficient (Wildman–Crippen LogP) is 4.45. The molecule has 0 amide bonds. The third-order valence-corrected chi connectivity index (χ3v) is 7.56. The summed E-state index contributed by atoms with van der Waals surface area (Å²) in [6, 6.07) is 8.04. The van der Waals surface area contributed by atoms with Gasteiger partial charge in [-0.2, -0.15) is 0 Å². The number of esters is 1. The Morgan fingerprint density at radius 1 is 1.20 bits per heavy atom. The van der Waals surface area contributed by atoms with Crippen LogP contribution in [-0.2, 0) is 10.1 Å². The Balaban J connectivity index is 2.48. The van der Waals surface area contributed by atoms with Gasteiger partial charge >= 0.3 is 5.97 Å². The first-order valence-corrected chi connectivity index (χ1v) is 10.9. The molecule has 0 saturated carbocycles. The molecule has 0 bridgehead atoms. The van der Waals surface area contributed by atoms with E-state index in [-0.39, 0.29) is 16.6 Å². The maximum Gasteiger partial charge on any atom is 0.344 e. The highest BCUT2D eigenvalue weighted by atomic mass is 127. The van der Waals surface area contributed by atoms with E-state index in [0.29, 0.717) is 16.7 Å². The number of rotatable bonds is 4. The van der Waals surface area contributed by atoms with E-state index < -0.39 is 16.1 Å². The molecule has 0 aromatic heterocycles. The van der Waals surface area contributed by atoms with Gasteiger partial charge in [-0.3, -0.25) is 0 Å². The Bertz CT molecular complexity index is 936. The van der Waals surface area contributed by atoms with E-state index in [4.69, 9.17) is 4.74 Å². The lowest BCUT2D eigenvalue weighted by Crippen LogP contribution is -2.13. The molecule has 0 aliphatic rings. The van der Waals surface area contributed by atoms with Gasteiger partial charge in [0.05, 0.1) is 10.5 Å². The quantitative estimate of drug-likeness (QED) is 0.229. The Morgan fingerprint density at radius 2 is 1.84 bits per heavy atom. The average Bonchev–Trinajstić information content (AvgIpc) is 2.50. The van der Waals surface area contributed by atoms with Crippen LogP contribution >= 0.6 is 45.2 Å². The molecular formula is C17H15I2O5S-. The fraction of sp³-hybridized carbons (Fsp3) is 0.235. The summed E-state index contributed by atoms with van der Waals surface area (Å²) in [7, 11) is -4.60. The SMILES string of the molecule is Cc1cc(S(=O)(=O)[O-])c(C(C)C)cc1OC(=O)c1cccc(I)c1I. The van der Waals surface area contributed by atoms with Crippen LogP contribution in [0.25, 0.3) is 0 Å². The van der Waals surface area contributed by atoms with E-state index in [0.717, 1.165) is 7.14 Å². The summed E-state index contributed by atoms with van der Waals surface area (Å²) in [5.74, 6) is -0.496. The molecule has 134 valence electrons. The van der Waals surface area contributed by atoms with Crippen LogP contribution in [0.15, 0.2) is 35.2 Å². The Hall–Kier alpha value is -0.720. The minimum absolute atomic E-state index is 0.213. The number of halogens is 2. The van der Waals surface area contributed by atoms with Crippen molar-refractivity contribution in [2.45, 2.75) is 31.6 Å². The highest BCUT2D eigenvalue weighted by Gasteiger charge is 2.19. The van der Waals surface area contributed by atoms with Gasteiger partial charge in [0.15, 0.2) is 0 Å². The molecule has 0 aliphatic heterocycles. The fourth-order valence-corrected chi connectivity index (χ4v) is 4.25. The molecule has 0 radical (unpaired) electrons. The smallest absolute Gasteiger partial charge is 0.344 e. The summed E-state index contributed by atoms with van der Waals surface area (Å²) in [6.45, 7) is 5.14. The van der Waals surface area contributed by atoms with Crippen molar-refractivity contribution in [3.8, 4) is 5.75 Å². The molecule has 2 aromatic carbocycles. The molecule has 0 fully saturated rings. The van der Waals surface area contributed by atoms with Gasteiger partial charge < -0.3 is 9.29 Å². The van der Waals surface area contributed by atoms with Gasteiger partial charge in [-0.1, -0.05) is 19.9 Å². The third kappa shape index (κ3) is 4.72. The van der Waals surface area contributed by atoms with E-state index in [1.807, 2.05) is 6.07 Å². The minimum atomic E-state index is -4.60. The first-order valence-electron chi connectivity index (χ1n) is 7.29. The molecule has 0 spiro atoms. The molecule has 8 heteroatoms. The van der Waals surface area contributed by atoms with E-state index in [1.54, 1.807) is 32.9 Å². The number of carbonyl (C=O) groups is 1. The van der Waals surface area contributed by atoms with Crippen molar-refractivity contribution in [1.29, 1.82) is 0 Å². The third-order valence-electron chi connectivity index (χ3n) is 3.57. The number of aryl methyl sites for hydroxylation is 1. The minimum Gasteiger partial charge on any atom is -0.744 e. The zero-order valence-electron chi connectivity index (χ0n) is 13.7. The van der Waals surface area contributed by atoms with Gasteiger partial charge in [-0.25, -0.2) is 13.2 Å². The van der Waals surface area contributed by atoms with Crippen molar-refractivity contribution < 1.29 is 22.5 Å². The first kappa shape index (κ1) is 20.6. The number of benzene rings is 2. The maximum atomic E-state index is 12.5. The van der Waals surface area contributed by atoms with E-state index in [9.17, 15) is 17.8 Å². The van der Waals surface area contributed by atoms with E-state index in [2.05, 4.69) is 45.2 Å². The highest BCUT2D eigenvalue weighted by Crippen LogP contribution is 2.32. The predicted molar refractivity (Wildman–Crippen MR) is 110 cm³/mol. The topological polar surface area (TPSA) is 83.5 Å². The molecule has 0 heterocycles. The van der Waals surface area contributed by atoms with Gasteiger partial charge in [0, 0.05) is 7.14 Å². The summed E-state index contributed by atoms with van der Waals surface area (Å²) < 4.78 is 41.6. The zero-order chi connectivity index (χ0) is 18.9. The zero-order valence-corrected chi connectivity index (χ0v) is 18.8. The van der Waals surface area contributed by atoms with Crippen molar-refractivity contribution in [3.63, 3.8) is 0 Å². The van der Waals surface area contributed by atoms with Gasteiger partial charge in [-0.05, 0) is 93.4 Å². The van der Waals surface area contributed by atoms with Crippen LogP contribution < -0.4 is 4.74 Å². The largest absolute Gasteiger partial charge is 0.744 e. The van der Waals surface area contributed by atoms with Crippen molar-refractivity contribution in [1.82, 2.24) is 0 Å². The van der Waals surface area contributed by atoms with Gasteiger partial charge in [0.25, 0.3) is 0 Å². The molecule has 0 N–H and O–H groups in total. The molecule has 0 aliphatic carbocycles. The van der Waals surface area contributed by atoms with Crippen LogP contribution in [0.5, 0.6) is 5.75 Å². The molecule has 0 unspecified atom stereocenters. The molecule has 0 saturated heterocycles. The van der Waals surface area contributed by atoms with Gasteiger partial charge in [0.2, 0.25) is 0 Å². The Morgan fingerprint density at radius 3 is 2.40 bits per heavy atom. The van der Waals surface area contributed by atoms with Gasteiger partial charge in [-0.15, -0.1) is 0 Å². The van der Waals surface area contributed by atoms with Crippen LogP contribution in [-0.4, -0.2) is 18.9 Å². The molecule has 5 nitrogen and oxygen atoms in total. The van der Waals surface area contributed by atoms with Crippen LogP contribution in [0.4, 0.5) is 0 Å². The monoisotopic (exact) mass is 585 g/mol. The average molecular weight is 585 g/mol. The number of ether oxygens (including phenoxy) is 1. The molecular weight excluding hydrogens is 570 g/mol. The molecule has 25 heavy (non-hydrogen) atoms. The Kier molecular flexibility index (Phi) is 6.50. The summed E-state index contributed by atoms with van der Waals surface area (Å²) in [4.78, 5) is 12.2. The van der Waals surface area contributed by atoms with Crippen LogP contribution in [0, 0.1) is 14.1 Å². The number of hydrogen-bond donors (Lipinski definition) is 0. The van der Waals surface area contributed by atoms with Crippen molar-refractivity contribution in [2.24, 2.45) is 0 Å². The fourth-order valence-electron chi connectivity index (χ4n) is 2.27. The normalized spacial score (nSPS) is 11.6. The highest BCUT2D eigenvalue weighted by molar-refractivity contribution is 14.1. The van der Waals surface area contributed by atoms with Crippen LogP contribution in [0.2, 0.25) is 0 Å².